The fourth-order valence-electron chi connectivity index (χ4n) is 2.27. The molecule has 1 aromatic carbocycles. The summed E-state index contributed by atoms with van der Waals surface area (Å²) in [4.78, 5) is 0.856. The van der Waals surface area contributed by atoms with Gasteiger partial charge >= 0.3 is 0 Å². The van der Waals surface area contributed by atoms with Crippen molar-refractivity contribution < 1.29 is 14.3 Å². The smallest absolute Gasteiger partial charge is 0.205 e. The van der Waals surface area contributed by atoms with Crippen molar-refractivity contribution in [2.75, 3.05) is 19.5 Å². The van der Waals surface area contributed by atoms with Crippen molar-refractivity contribution in [2.24, 2.45) is 0 Å². The van der Waals surface area contributed by atoms with Gasteiger partial charge in [0.15, 0.2) is 11.5 Å². The SMILES string of the molecule is CNc1oc(-c2cccs2)c(O)c1-c1cc(Cl)cc(OC)c1. The first-order valence-electron chi connectivity index (χ1n) is 6.56. The third-order valence-corrected chi connectivity index (χ3v) is 4.34. The van der Waals surface area contributed by atoms with Gasteiger partial charge in [-0.15, -0.1) is 11.3 Å². The van der Waals surface area contributed by atoms with Crippen molar-refractivity contribution in [3.8, 4) is 33.3 Å². The standard InChI is InChI=1S/C16H14ClNO3S/c1-18-16-13(9-6-10(17)8-11(7-9)20-2)14(19)15(21-16)12-4-3-5-22-12/h3-8,18-19H,1-2H3. The number of aromatic hydroxyl groups is 1. The quantitative estimate of drug-likeness (QED) is 0.697. The van der Waals surface area contributed by atoms with Gasteiger partial charge in [0.2, 0.25) is 5.88 Å². The molecule has 4 nitrogen and oxygen atoms in total. The summed E-state index contributed by atoms with van der Waals surface area (Å²) in [5.41, 5.74) is 1.28. The van der Waals surface area contributed by atoms with Crippen LogP contribution in [0.3, 0.4) is 0 Å². The van der Waals surface area contributed by atoms with Crippen LogP contribution < -0.4 is 10.1 Å². The van der Waals surface area contributed by atoms with Gasteiger partial charge in [-0.25, -0.2) is 0 Å². The topological polar surface area (TPSA) is 54.6 Å². The second-order valence-electron chi connectivity index (χ2n) is 4.59. The zero-order valence-corrected chi connectivity index (χ0v) is 13.6. The van der Waals surface area contributed by atoms with Crippen LogP contribution in [-0.4, -0.2) is 19.3 Å². The van der Waals surface area contributed by atoms with Crippen molar-refractivity contribution in [3.05, 3.63) is 40.7 Å². The third kappa shape index (κ3) is 2.53. The Labute approximate surface area is 136 Å². The molecule has 0 aliphatic rings. The van der Waals surface area contributed by atoms with Crippen LogP contribution in [0.25, 0.3) is 21.8 Å². The number of hydrogen-bond donors (Lipinski definition) is 2. The van der Waals surface area contributed by atoms with Crippen LogP contribution in [0.5, 0.6) is 11.5 Å². The molecule has 0 bridgehead atoms. The van der Waals surface area contributed by atoms with Gasteiger partial charge in [-0.2, -0.15) is 0 Å². The number of methoxy groups -OCH3 is 1. The lowest BCUT2D eigenvalue weighted by atomic mass is 10.1. The zero-order valence-electron chi connectivity index (χ0n) is 12.0. The molecule has 0 fully saturated rings. The fraction of sp³-hybridized carbons (Fsp3) is 0.125. The Morgan fingerprint density at radius 3 is 2.77 bits per heavy atom. The second kappa shape index (κ2) is 5.94. The van der Waals surface area contributed by atoms with E-state index in [2.05, 4.69) is 5.32 Å². The van der Waals surface area contributed by atoms with E-state index in [4.69, 9.17) is 20.8 Å². The van der Waals surface area contributed by atoms with Gasteiger partial charge in [0.1, 0.15) is 5.75 Å². The summed E-state index contributed by atoms with van der Waals surface area (Å²) in [5, 5.41) is 16.0. The summed E-state index contributed by atoms with van der Waals surface area (Å²) < 4.78 is 11.0. The average Bonchev–Trinajstić information content (AvgIpc) is 3.13. The van der Waals surface area contributed by atoms with E-state index in [1.54, 1.807) is 32.4 Å². The number of ether oxygens (including phenoxy) is 1. The van der Waals surface area contributed by atoms with Gasteiger partial charge in [-0.1, -0.05) is 17.7 Å². The largest absolute Gasteiger partial charge is 0.504 e. The maximum absolute atomic E-state index is 10.6. The van der Waals surface area contributed by atoms with Crippen LogP contribution in [0.4, 0.5) is 5.88 Å². The van der Waals surface area contributed by atoms with Crippen molar-refractivity contribution >= 4 is 28.8 Å². The monoisotopic (exact) mass is 335 g/mol. The third-order valence-electron chi connectivity index (χ3n) is 3.25. The maximum atomic E-state index is 10.6. The van der Waals surface area contributed by atoms with Crippen LogP contribution in [0.2, 0.25) is 5.02 Å². The number of hydrogen-bond acceptors (Lipinski definition) is 5. The molecule has 0 amide bonds. The Kier molecular flexibility index (Phi) is 4.00. The van der Waals surface area contributed by atoms with Gasteiger partial charge in [0.25, 0.3) is 0 Å². The van der Waals surface area contributed by atoms with Crippen LogP contribution in [0, 0.1) is 0 Å². The molecule has 3 rings (SSSR count). The van der Waals surface area contributed by atoms with E-state index in [0.717, 1.165) is 10.4 Å². The zero-order chi connectivity index (χ0) is 15.7. The molecule has 22 heavy (non-hydrogen) atoms. The first kappa shape index (κ1) is 14.8. The summed E-state index contributed by atoms with van der Waals surface area (Å²) in [6.07, 6.45) is 0. The van der Waals surface area contributed by atoms with Crippen LogP contribution in [-0.2, 0) is 0 Å². The lowest BCUT2D eigenvalue weighted by Gasteiger charge is -2.06. The average molecular weight is 336 g/mol. The van der Waals surface area contributed by atoms with E-state index in [1.807, 2.05) is 17.5 Å². The van der Waals surface area contributed by atoms with Crippen molar-refractivity contribution in [2.45, 2.75) is 0 Å². The predicted molar refractivity (Wildman–Crippen MR) is 90.2 cm³/mol. The number of thiophene rings is 1. The minimum Gasteiger partial charge on any atom is -0.504 e. The number of halogens is 1. The molecular formula is C16H14ClNO3S. The first-order valence-corrected chi connectivity index (χ1v) is 7.82. The van der Waals surface area contributed by atoms with Gasteiger partial charge in [0, 0.05) is 12.1 Å². The highest BCUT2D eigenvalue weighted by Crippen LogP contribution is 2.48. The molecule has 6 heteroatoms. The molecule has 0 saturated carbocycles. The number of anilines is 1. The second-order valence-corrected chi connectivity index (χ2v) is 5.98. The van der Waals surface area contributed by atoms with Crippen LogP contribution >= 0.6 is 22.9 Å². The Hall–Kier alpha value is -2.11. The molecule has 2 N–H and O–H groups in total. The van der Waals surface area contributed by atoms with E-state index in [-0.39, 0.29) is 5.75 Å². The first-order chi connectivity index (χ1) is 10.6. The lowest BCUT2D eigenvalue weighted by Crippen LogP contribution is -1.89. The highest BCUT2D eigenvalue weighted by Gasteiger charge is 2.23. The summed E-state index contributed by atoms with van der Waals surface area (Å²) in [5.74, 6) is 1.61. The summed E-state index contributed by atoms with van der Waals surface area (Å²) >= 11 is 7.62. The highest BCUT2D eigenvalue weighted by atomic mass is 35.5. The molecule has 0 saturated heterocycles. The molecule has 0 radical (unpaired) electrons. The minimum atomic E-state index is 0.0797. The highest BCUT2D eigenvalue weighted by molar-refractivity contribution is 7.13. The molecule has 2 aromatic heterocycles. The number of nitrogens with one attached hydrogen (secondary N) is 1. The Morgan fingerprint density at radius 2 is 2.14 bits per heavy atom. The molecule has 0 aliphatic heterocycles. The van der Waals surface area contributed by atoms with Gasteiger partial charge in [0.05, 0.1) is 17.6 Å². The van der Waals surface area contributed by atoms with Crippen molar-refractivity contribution in [3.63, 3.8) is 0 Å². The van der Waals surface area contributed by atoms with Gasteiger partial charge in [-0.05, 0) is 35.2 Å². The molecule has 0 unspecified atom stereocenters. The predicted octanol–water partition coefficient (Wildman–Crippen LogP) is 5.08. The molecular weight excluding hydrogens is 322 g/mol. The van der Waals surface area contributed by atoms with E-state index >= 15 is 0 Å². The van der Waals surface area contributed by atoms with Crippen LogP contribution in [0.1, 0.15) is 0 Å². The van der Waals surface area contributed by atoms with E-state index in [1.165, 1.54) is 11.3 Å². The number of benzene rings is 1. The van der Waals surface area contributed by atoms with Gasteiger partial charge < -0.3 is 19.6 Å². The van der Waals surface area contributed by atoms with Crippen molar-refractivity contribution in [1.29, 1.82) is 0 Å². The Balaban J connectivity index is 2.20. The molecule has 0 atom stereocenters. The van der Waals surface area contributed by atoms with E-state index in [9.17, 15) is 5.11 Å². The Bertz CT molecular complexity index is 796. The summed E-state index contributed by atoms with van der Waals surface area (Å²) in [7, 11) is 3.31. The number of furan rings is 1. The van der Waals surface area contributed by atoms with Gasteiger partial charge in [-0.3, -0.25) is 0 Å². The molecule has 0 spiro atoms. The maximum Gasteiger partial charge on any atom is 0.205 e. The summed E-state index contributed by atoms with van der Waals surface area (Å²) in [6.45, 7) is 0. The Morgan fingerprint density at radius 1 is 1.32 bits per heavy atom. The minimum absolute atomic E-state index is 0.0797. The lowest BCUT2D eigenvalue weighted by molar-refractivity contribution is 0.415. The molecule has 2 heterocycles. The molecule has 114 valence electrons. The summed E-state index contributed by atoms with van der Waals surface area (Å²) in [6, 6.07) is 9.07. The van der Waals surface area contributed by atoms with E-state index < -0.39 is 0 Å². The van der Waals surface area contributed by atoms with Crippen LogP contribution in [0.15, 0.2) is 40.1 Å². The molecule has 0 aliphatic carbocycles. The fourth-order valence-corrected chi connectivity index (χ4v) is 3.20. The normalized spacial score (nSPS) is 10.7. The van der Waals surface area contributed by atoms with Crippen molar-refractivity contribution in [1.82, 2.24) is 0 Å². The number of rotatable bonds is 4. The van der Waals surface area contributed by atoms with E-state index in [0.29, 0.717) is 28.0 Å². The molecule has 3 aromatic rings.